The molecule has 0 radical (unpaired) electrons. The van der Waals surface area contributed by atoms with Crippen molar-refractivity contribution in [3.63, 3.8) is 0 Å². The van der Waals surface area contributed by atoms with Crippen LogP contribution in [0.2, 0.25) is 0 Å². The van der Waals surface area contributed by atoms with Crippen LogP contribution in [0.5, 0.6) is 0 Å². The van der Waals surface area contributed by atoms with E-state index in [-0.39, 0.29) is 18.1 Å². The average Bonchev–Trinajstić information content (AvgIpc) is 3.08. The number of carbonyl (C=O) groups excluding carboxylic acids is 1. The highest BCUT2D eigenvalue weighted by Crippen LogP contribution is 2.27. The Hall–Kier alpha value is -2.37. The second kappa shape index (κ2) is 9.02. The van der Waals surface area contributed by atoms with Gasteiger partial charge in [-0.3, -0.25) is 0 Å². The Bertz CT molecular complexity index is 875. The van der Waals surface area contributed by atoms with E-state index < -0.39 is 0 Å². The molecule has 142 valence electrons. The molecule has 0 fully saturated rings. The fourth-order valence-electron chi connectivity index (χ4n) is 3.17. The lowest BCUT2D eigenvalue weighted by Gasteiger charge is -2.25. The van der Waals surface area contributed by atoms with Gasteiger partial charge in [0.1, 0.15) is 0 Å². The summed E-state index contributed by atoms with van der Waals surface area (Å²) >= 11 is 1.78. The molecule has 2 aromatic carbocycles. The SMILES string of the molecule is C[C@H](NC(=O)NCC(Cc1csc2ccccc12)N(C)C)c1ccccc1. The van der Waals surface area contributed by atoms with Crippen LogP contribution in [0.4, 0.5) is 4.79 Å². The maximum absolute atomic E-state index is 12.3. The van der Waals surface area contributed by atoms with Crippen LogP contribution in [0.3, 0.4) is 0 Å². The van der Waals surface area contributed by atoms with Crippen molar-refractivity contribution < 1.29 is 4.79 Å². The second-order valence-electron chi connectivity index (χ2n) is 7.07. The summed E-state index contributed by atoms with van der Waals surface area (Å²) in [6, 6.07) is 18.6. The third-order valence-electron chi connectivity index (χ3n) is 4.89. The summed E-state index contributed by atoms with van der Waals surface area (Å²) in [6.45, 7) is 2.60. The van der Waals surface area contributed by atoms with Gasteiger partial charge in [0.25, 0.3) is 0 Å². The van der Waals surface area contributed by atoms with E-state index in [9.17, 15) is 4.79 Å². The number of thiophene rings is 1. The lowest BCUT2D eigenvalue weighted by atomic mass is 10.0. The third kappa shape index (κ3) is 5.08. The number of fused-ring (bicyclic) bond motifs is 1. The topological polar surface area (TPSA) is 44.4 Å². The monoisotopic (exact) mass is 381 g/mol. The maximum atomic E-state index is 12.3. The van der Waals surface area contributed by atoms with Crippen molar-refractivity contribution in [1.82, 2.24) is 15.5 Å². The van der Waals surface area contributed by atoms with E-state index >= 15 is 0 Å². The molecule has 3 aromatic rings. The number of nitrogens with one attached hydrogen (secondary N) is 2. The lowest BCUT2D eigenvalue weighted by Crippen LogP contribution is -2.45. The Morgan fingerprint density at radius 2 is 1.78 bits per heavy atom. The first-order chi connectivity index (χ1) is 13.0. The number of amides is 2. The summed E-state index contributed by atoms with van der Waals surface area (Å²) in [7, 11) is 4.12. The number of urea groups is 1. The molecule has 2 N–H and O–H groups in total. The lowest BCUT2D eigenvalue weighted by molar-refractivity contribution is 0.229. The largest absolute Gasteiger partial charge is 0.337 e. The molecular formula is C22H27N3OS. The Labute approximate surface area is 165 Å². The zero-order valence-corrected chi connectivity index (χ0v) is 16.9. The zero-order chi connectivity index (χ0) is 19.2. The van der Waals surface area contributed by atoms with Gasteiger partial charge in [-0.05, 0) is 55.4 Å². The van der Waals surface area contributed by atoms with E-state index in [1.807, 2.05) is 37.3 Å². The maximum Gasteiger partial charge on any atom is 0.315 e. The Morgan fingerprint density at radius 3 is 2.52 bits per heavy atom. The minimum absolute atomic E-state index is 0.0233. The first kappa shape index (κ1) is 19.4. The molecule has 0 aliphatic heterocycles. The molecule has 0 saturated heterocycles. The second-order valence-corrected chi connectivity index (χ2v) is 7.98. The van der Waals surface area contributed by atoms with Gasteiger partial charge in [-0.15, -0.1) is 11.3 Å². The van der Waals surface area contributed by atoms with Gasteiger partial charge < -0.3 is 15.5 Å². The number of hydrogen-bond acceptors (Lipinski definition) is 3. The van der Waals surface area contributed by atoms with E-state index in [1.165, 1.54) is 15.6 Å². The number of benzene rings is 2. The van der Waals surface area contributed by atoms with Gasteiger partial charge in [0.2, 0.25) is 0 Å². The van der Waals surface area contributed by atoms with Crippen molar-refractivity contribution >= 4 is 27.5 Å². The molecular weight excluding hydrogens is 354 g/mol. The molecule has 1 aromatic heterocycles. The van der Waals surface area contributed by atoms with Gasteiger partial charge in [0.15, 0.2) is 0 Å². The highest BCUT2D eigenvalue weighted by molar-refractivity contribution is 7.17. The Kier molecular flexibility index (Phi) is 6.48. The summed E-state index contributed by atoms with van der Waals surface area (Å²) in [6.07, 6.45) is 0.908. The molecule has 0 aliphatic rings. The molecule has 5 heteroatoms. The van der Waals surface area contributed by atoms with Crippen molar-refractivity contribution in [2.24, 2.45) is 0 Å². The third-order valence-corrected chi connectivity index (χ3v) is 5.90. The molecule has 1 heterocycles. The van der Waals surface area contributed by atoms with E-state index in [0.29, 0.717) is 6.54 Å². The van der Waals surface area contributed by atoms with E-state index in [0.717, 1.165) is 12.0 Å². The molecule has 0 saturated carbocycles. The number of hydrogen-bond donors (Lipinski definition) is 2. The van der Waals surface area contributed by atoms with Crippen molar-refractivity contribution in [3.8, 4) is 0 Å². The fraction of sp³-hybridized carbons (Fsp3) is 0.318. The number of carbonyl (C=O) groups is 1. The van der Waals surface area contributed by atoms with Gasteiger partial charge in [0, 0.05) is 17.3 Å². The van der Waals surface area contributed by atoms with Crippen LogP contribution >= 0.6 is 11.3 Å². The normalized spacial score (nSPS) is 13.5. The predicted molar refractivity (Wildman–Crippen MR) is 114 cm³/mol. The van der Waals surface area contributed by atoms with E-state index in [4.69, 9.17) is 0 Å². The van der Waals surface area contributed by atoms with Gasteiger partial charge >= 0.3 is 6.03 Å². The van der Waals surface area contributed by atoms with Gasteiger partial charge in [-0.25, -0.2) is 4.79 Å². The van der Waals surface area contributed by atoms with E-state index in [1.54, 1.807) is 11.3 Å². The Balaban J connectivity index is 1.57. The van der Waals surface area contributed by atoms with Crippen LogP contribution < -0.4 is 10.6 Å². The summed E-state index contributed by atoms with van der Waals surface area (Å²) < 4.78 is 1.31. The number of likely N-dealkylation sites (N-methyl/N-ethyl adjacent to an activating group) is 1. The molecule has 2 amide bonds. The molecule has 2 atom stereocenters. The summed E-state index contributed by atoms with van der Waals surface area (Å²) in [4.78, 5) is 14.5. The first-order valence-corrected chi connectivity index (χ1v) is 10.1. The highest BCUT2D eigenvalue weighted by Gasteiger charge is 2.17. The fourth-order valence-corrected chi connectivity index (χ4v) is 4.14. The van der Waals surface area contributed by atoms with E-state index in [2.05, 4.69) is 59.3 Å². The molecule has 3 rings (SSSR count). The van der Waals surface area contributed by atoms with Gasteiger partial charge in [-0.2, -0.15) is 0 Å². The summed E-state index contributed by atoms with van der Waals surface area (Å²) in [5.74, 6) is 0. The van der Waals surface area contributed by atoms with Crippen molar-refractivity contribution in [3.05, 3.63) is 71.1 Å². The molecule has 1 unspecified atom stereocenters. The van der Waals surface area contributed by atoms with Crippen molar-refractivity contribution in [2.45, 2.75) is 25.4 Å². The van der Waals surface area contributed by atoms with Crippen LogP contribution in [0.15, 0.2) is 60.0 Å². The van der Waals surface area contributed by atoms with Gasteiger partial charge in [-0.1, -0.05) is 48.5 Å². The summed E-state index contributed by atoms with van der Waals surface area (Å²) in [5.41, 5.74) is 2.44. The summed E-state index contributed by atoms with van der Waals surface area (Å²) in [5, 5.41) is 9.60. The standard InChI is InChI=1S/C22H27N3OS/c1-16(17-9-5-4-6-10-17)24-22(26)23-14-19(25(2)3)13-18-15-27-21-12-8-7-11-20(18)21/h4-12,15-16,19H,13-14H2,1-3H3,(H2,23,24,26)/t16-,19?/m0/s1. The van der Waals surface area contributed by atoms with Crippen LogP contribution in [0.1, 0.15) is 24.1 Å². The molecule has 0 spiro atoms. The quantitative estimate of drug-likeness (QED) is 0.636. The molecule has 4 nitrogen and oxygen atoms in total. The van der Waals surface area contributed by atoms with Crippen LogP contribution in [0.25, 0.3) is 10.1 Å². The molecule has 0 bridgehead atoms. The van der Waals surface area contributed by atoms with Crippen molar-refractivity contribution in [1.29, 1.82) is 0 Å². The minimum Gasteiger partial charge on any atom is -0.337 e. The highest BCUT2D eigenvalue weighted by atomic mass is 32.1. The molecule has 0 aliphatic carbocycles. The Morgan fingerprint density at radius 1 is 1.07 bits per heavy atom. The zero-order valence-electron chi connectivity index (χ0n) is 16.1. The van der Waals surface area contributed by atoms with Crippen LogP contribution in [-0.2, 0) is 6.42 Å². The average molecular weight is 382 g/mol. The van der Waals surface area contributed by atoms with Gasteiger partial charge in [0.05, 0.1) is 6.04 Å². The minimum atomic E-state index is -0.131. The predicted octanol–water partition coefficient (Wildman–Crippen LogP) is 4.43. The first-order valence-electron chi connectivity index (χ1n) is 9.25. The smallest absolute Gasteiger partial charge is 0.315 e. The number of nitrogens with zero attached hydrogens (tertiary/aromatic N) is 1. The van der Waals surface area contributed by atoms with Crippen LogP contribution in [0, 0.1) is 0 Å². The van der Waals surface area contributed by atoms with Crippen molar-refractivity contribution in [2.75, 3.05) is 20.6 Å². The molecule has 27 heavy (non-hydrogen) atoms. The number of rotatable bonds is 7. The van der Waals surface area contributed by atoms with Crippen LogP contribution in [-0.4, -0.2) is 37.6 Å².